The summed E-state index contributed by atoms with van der Waals surface area (Å²) in [4.78, 5) is 15.0. The lowest BCUT2D eigenvalue weighted by atomic mass is 9.99. The zero-order valence-corrected chi connectivity index (χ0v) is 18.7. The third kappa shape index (κ3) is 4.01. The monoisotopic (exact) mass is 470 g/mol. The Morgan fingerprint density at radius 1 is 1.12 bits per heavy atom. The van der Waals surface area contributed by atoms with Gasteiger partial charge in [-0.1, -0.05) is 0 Å². The molecule has 33 heavy (non-hydrogen) atoms. The second kappa shape index (κ2) is 8.62. The first-order valence-electron chi connectivity index (χ1n) is 10.6. The lowest BCUT2D eigenvalue weighted by molar-refractivity contribution is 0.0732. The van der Waals surface area contributed by atoms with Crippen molar-refractivity contribution >= 4 is 29.0 Å². The van der Waals surface area contributed by atoms with Crippen molar-refractivity contribution < 1.29 is 17.5 Å². The van der Waals surface area contributed by atoms with Crippen LogP contribution in [0.1, 0.15) is 21.6 Å². The largest absolute Gasteiger partial charge is 0.347 e. The summed E-state index contributed by atoms with van der Waals surface area (Å²) in [6.45, 7) is 1.37. The number of aryl methyl sites for hydroxylation is 2. The van der Waals surface area contributed by atoms with Crippen LogP contribution in [0, 0.1) is 11.6 Å². The molecule has 1 aliphatic rings. The van der Waals surface area contributed by atoms with E-state index in [1.807, 2.05) is 29.0 Å². The highest BCUT2D eigenvalue weighted by molar-refractivity contribution is 7.94. The van der Waals surface area contributed by atoms with Crippen LogP contribution in [0.4, 0.5) is 12.7 Å². The van der Waals surface area contributed by atoms with Crippen LogP contribution in [-0.4, -0.2) is 37.5 Å². The lowest BCUT2D eigenvalue weighted by Crippen LogP contribution is -2.36. The van der Waals surface area contributed by atoms with Crippen molar-refractivity contribution in [2.24, 2.45) is 7.05 Å². The molecule has 0 N–H and O–H groups in total. The molecule has 0 bridgehead atoms. The molecule has 9 heteroatoms. The fourth-order valence-corrected chi connectivity index (χ4v) is 4.85. The molecule has 170 valence electrons. The molecule has 1 aliphatic heterocycles. The summed E-state index contributed by atoms with van der Waals surface area (Å²) < 4.78 is 43.6. The number of fused-ring (bicyclic) bond motifs is 2. The second-order valence-corrected chi connectivity index (χ2v) is 8.75. The third-order valence-corrected chi connectivity index (χ3v) is 6.39. The molecule has 0 unspecified atom stereocenters. The Hall–Kier alpha value is -3.20. The van der Waals surface area contributed by atoms with Crippen molar-refractivity contribution in [2.75, 3.05) is 12.3 Å². The van der Waals surface area contributed by atoms with Crippen LogP contribution in [-0.2, 0) is 26.6 Å². The van der Waals surface area contributed by atoms with Gasteiger partial charge in [0.2, 0.25) is 0 Å². The topological polar surface area (TPSA) is 43.1 Å². The molecule has 0 aliphatic carbocycles. The van der Waals surface area contributed by atoms with Crippen LogP contribution < -0.4 is 0 Å². The summed E-state index contributed by atoms with van der Waals surface area (Å²) >= 11 is 0.306. The number of benzene rings is 2. The highest BCUT2D eigenvalue weighted by Gasteiger charge is 2.28. The standard InChI is InChI=1S/C24H21F3N4OS/c1-29-23(17-11-18(25)13-19(26)12-17)20-5-7-31(14-21(20)28-29)24(32)16-2-3-22-15(10-16)4-6-30(22)8-9-33-27/h2-4,6,10-13H,5,7-9,14H2,1H3. The quantitative estimate of drug-likeness (QED) is 0.406. The van der Waals surface area contributed by atoms with Gasteiger partial charge in [0.15, 0.2) is 0 Å². The summed E-state index contributed by atoms with van der Waals surface area (Å²) in [6, 6.07) is 10.9. The molecule has 0 fully saturated rings. The number of aromatic nitrogens is 3. The van der Waals surface area contributed by atoms with Crippen LogP contribution in [0.2, 0.25) is 0 Å². The van der Waals surface area contributed by atoms with E-state index in [1.165, 1.54) is 12.1 Å². The lowest BCUT2D eigenvalue weighted by Gasteiger charge is -2.26. The van der Waals surface area contributed by atoms with Gasteiger partial charge < -0.3 is 9.47 Å². The van der Waals surface area contributed by atoms with Crippen molar-refractivity contribution in [2.45, 2.75) is 19.5 Å². The van der Waals surface area contributed by atoms with Crippen LogP contribution in [0.3, 0.4) is 0 Å². The molecule has 0 spiro atoms. The minimum Gasteiger partial charge on any atom is -0.347 e. The van der Waals surface area contributed by atoms with E-state index < -0.39 is 11.6 Å². The van der Waals surface area contributed by atoms with Gasteiger partial charge >= 0.3 is 0 Å². The minimum absolute atomic E-state index is 0.0985. The minimum atomic E-state index is -0.639. The van der Waals surface area contributed by atoms with Gasteiger partial charge in [-0.25, -0.2) is 8.78 Å². The van der Waals surface area contributed by atoms with Crippen LogP contribution in [0.25, 0.3) is 22.2 Å². The first-order valence-corrected chi connectivity index (χ1v) is 11.5. The van der Waals surface area contributed by atoms with Crippen molar-refractivity contribution in [3.05, 3.63) is 77.1 Å². The number of nitrogens with zero attached hydrogens (tertiary/aromatic N) is 4. The average molecular weight is 471 g/mol. The molecule has 2 aromatic carbocycles. The van der Waals surface area contributed by atoms with E-state index in [2.05, 4.69) is 5.10 Å². The molecular formula is C24H21F3N4OS. The van der Waals surface area contributed by atoms with E-state index in [4.69, 9.17) is 0 Å². The highest BCUT2D eigenvalue weighted by Crippen LogP contribution is 2.31. The van der Waals surface area contributed by atoms with Crippen LogP contribution in [0.15, 0.2) is 48.7 Å². The Kier molecular flexibility index (Phi) is 5.65. The fourth-order valence-electron chi connectivity index (χ4n) is 4.59. The van der Waals surface area contributed by atoms with Gasteiger partial charge in [0.05, 0.1) is 17.9 Å². The summed E-state index contributed by atoms with van der Waals surface area (Å²) in [5, 5.41) is 5.46. The number of hydrogen-bond donors (Lipinski definition) is 0. The number of carbonyl (C=O) groups is 1. The fraction of sp³-hybridized carbons (Fsp3) is 0.250. The molecule has 4 aromatic rings. The van der Waals surface area contributed by atoms with Crippen molar-refractivity contribution in [1.82, 2.24) is 19.2 Å². The first kappa shape index (κ1) is 21.6. The number of amides is 1. The molecule has 1 amide bonds. The Morgan fingerprint density at radius 3 is 2.67 bits per heavy atom. The summed E-state index contributed by atoms with van der Waals surface area (Å²) in [7, 11) is 1.74. The van der Waals surface area contributed by atoms with Crippen molar-refractivity contribution in [3.8, 4) is 11.3 Å². The summed E-state index contributed by atoms with van der Waals surface area (Å²) in [6.07, 6.45) is 2.44. The van der Waals surface area contributed by atoms with E-state index in [1.54, 1.807) is 22.7 Å². The van der Waals surface area contributed by atoms with Crippen LogP contribution >= 0.6 is 12.1 Å². The number of hydrogen-bond acceptors (Lipinski definition) is 3. The molecule has 5 rings (SSSR count). The van der Waals surface area contributed by atoms with Gasteiger partial charge in [0.25, 0.3) is 5.91 Å². The molecule has 3 heterocycles. The van der Waals surface area contributed by atoms with Gasteiger partial charge in [-0.05, 0) is 42.8 Å². The Balaban J connectivity index is 1.40. The van der Waals surface area contributed by atoms with E-state index in [0.29, 0.717) is 60.8 Å². The van der Waals surface area contributed by atoms with E-state index in [-0.39, 0.29) is 5.91 Å². The zero-order valence-electron chi connectivity index (χ0n) is 17.9. The molecule has 0 radical (unpaired) electrons. The van der Waals surface area contributed by atoms with Crippen molar-refractivity contribution in [3.63, 3.8) is 0 Å². The van der Waals surface area contributed by atoms with Crippen LogP contribution in [0.5, 0.6) is 0 Å². The number of halogens is 3. The maximum Gasteiger partial charge on any atom is 0.254 e. The zero-order chi connectivity index (χ0) is 23.1. The smallest absolute Gasteiger partial charge is 0.254 e. The molecular weight excluding hydrogens is 449 g/mol. The summed E-state index contributed by atoms with van der Waals surface area (Å²) in [5.74, 6) is -1.01. The van der Waals surface area contributed by atoms with E-state index in [9.17, 15) is 17.5 Å². The van der Waals surface area contributed by atoms with Crippen molar-refractivity contribution in [1.29, 1.82) is 0 Å². The van der Waals surface area contributed by atoms with Gasteiger partial charge in [-0.3, -0.25) is 9.48 Å². The molecule has 5 nitrogen and oxygen atoms in total. The SMILES string of the molecule is Cn1nc2c(c1-c1cc(F)cc(F)c1)CCN(C(=O)c1ccc3c(ccn3CCSF)c1)C2. The van der Waals surface area contributed by atoms with Gasteiger partial charge in [-0.2, -0.15) is 8.98 Å². The van der Waals surface area contributed by atoms with Gasteiger partial charge in [-0.15, -0.1) is 0 Å². The third-order valence-electron chi connectivity index (χ3n) is 6.05. The maximum absolute atomic E-state index is 13.8. The number of carbonyl (C=O) groups excluding carboxylic acids is 1. The molecule has 0 saturated heterocycles. The van der Waals surface area contributed by atoms with Gasteiger partial charge in [0.1, 0.15) is 11.6 Å². The predicted octanol–water partition coefficient (Wildman–Crippen LogP) is 5.14. The van der Waals surface area contributed by atoms with E-state index in [0.717, 1.165) is 28.2 Å². The van der Waals surface area contributed by atoms with E-state index >= 15 is 0 Å². The average Bonchev–Trinajstić information content (AvgIpc) is 3.35. The predicted molar refractivity (Wildman–Crippen MR) is 123 cm³/mol. The Morgan fingerprint density at radius 2 is 1.91 bits per heavy atom. The molecule has 0 atom stereocenters. The highest BCUT2D eigenvalue weighted by atomic mass is 32.2. The second-order valence-electron chi connectivity index (χ2n) is 8.13. The number of rotatable bonds is 5. The Bertz CT molecular complexity index is 1340. The van der Waals surface area contributed by atoms with Gasteiger partial charge in [0, 0.05) is 77.9 Å². The normalized spacial score (nSPS) is 13.5. The molecule has 0 saturated carbocycles. The first-order chi connectivity index (χ1) is 15.9. The maximum atomic E-state index is 13.8. The molecule has 2 aromatic heterocycles. The summed E-state index contributed by atoms with van der Waals surface area (Å²) in [5.41, 5.74) is 4.28. The Labute approximate surface area is 193 Å².